The molecule has 32 heavy (non-hydrogen) atoms. The molecule has 0 heterocycles. The minimum atomic E-state index is 0.168. The van der Waals surface area contributed by atoms with Crippen LogP contribution < -0.4 is 9.64 Å². The summed E-state index contributed by atoms with van der Waals surface area (Å²) in [7, 11) is 0. The Morgan fingerprint density at radius 3 is 1.59 bits per heavy atom. The summed E-state index contributed by atoms with van der Waals surface area (Å²) < 4.78 is 5.88. The molecule has 0 atom stereocenters. The van der Waals surface area contributed by atoms with E-state index < -0.39 is 0 Å². The van der Waals surface area contributed by atoms with Gasteiger partial charge < -0.3 is 25.0 Å². The maximum atomic E-state index is 10.2. The van der Waals surface area contributed by atoms with Crippen molar-refractivity contribution in [2.45, 2.75) is 20.8 Å². The third-order valence-corrected chi connectivity index (χ3v) is 5.12. The number of hydrogen-bond donors (Lipinski definition) is 3. The molecule has 0 aromatic heterocycles. The summed E-state index contributed by atoms with van der Waals surface area (Å²) in [6.07, 6.45) is 0. The molecule has 4 aromatic rings. The molecule has 5 nitrogen and oxygen atoms in total. The Balaban J connectivity index is 1.73. The van der Waals surface area contributed by atoms with Crippen molar-refractivity contribution in [2.75, 3.05) is 4.90 Å². The lowest BCUT2D eigenvalue weighted by Gasteiger charge is -2.26. The SMILES string of the molecule is Cc1cc(O)cc(N(c2ccc(Oc3ccc(C)c(O)c3)cc2)c2cc(C)cc(O)c2)c1. The number of ether oxygens (including phenoxy) is 1. The quantitative estimate of drug-likeness (QED) is 0.320. The molecule has 3 N–H and O–H groups in total. The van der Waals surface area contributed by atoms with Crippen LogP contribution in [0, 0.1) is 20.8 Å². The lowest BCUT2D eigenvalue weighted by Crippen LogP contribution is -2.10. The van der Waals surface area contributed by atoms with Gasteiger partial charge in [0.25, 0.3) is 0 Å². The van der Waals surface area contributed by atoms with Crippen molar-refractivity contribution in [1.82, 2.24) is 0 Å². The summed E-state index contributed by atoms with van der Waals surface area (Å²) in [5, 5.41) is 30.3. The van der Waals surface area contributed by atoms with Gasteiger partial charge in [-0.2, -0.15) is 0 Å². The number of aryl methyl sites for hydroxylation is 3. The highest BCUT2D eigenvalue weighted by atomic mass is 16.5. The molecule has 4 aromatic carbocycles. The Bertz CT molecular complexity index is 1170. The molecule has 0 aliphatic rings. The van der Waals surface area contributed by atoms with E-state index in [0.717, 1.165) is 33.8 Å². The van der Waals surface area contributed by atoms with Crippen molar-refractivity contribution in [3.63, 3.8) is 0 Å². The van der Waals surface area contributed by atoms with Gasteiger partial charge in [0, 0.05) is 23.9 Å². The number of rotatable bonds is 5. The molecule has 4 rings (SSSR count). The molecule has 0 fully saturated rings. The largest absolute Gasteiger partial charge is 0.508 e. The molecule has 162 valence electrons. The minimum Gasteiger partial charge on any atom is -0.508 e. The second-order valence-electron chi connectivity index (χ2n) is 7.93. The zero-order valence-corrected chi connectivity index (χ0v) is 18.2. The van der Waals surface area contributed by atoms with Gasteiger partial charge in [0.2, 0.25) is 0 Å². The van der Waals surface area contributed by atoms with Gasteiger partial charge in [0.15, 0.2) is 0 Å². The van der Waals surface area contributed by atoms with E-state index in [0.29, 0.717) is 11.5 Å². The van der Waals surface area contributed by atoms with Crippen LogP contribution in [-0.4, -0.2) is 15.3 Å². The predicted molar refractivity (Wildman–Crippen MR) is 127 cm³/mol. The molecule has 0 spiro atoms. The van der Waals surface area contributed by atoms with E-state index in [1.165, 1.54) is 0 Å². The minimum absolute atomic E-state index is 0.168. The summed E-state index contributed by atoms with van der Waals surface area (Å²) >= 11 is 0. The number of nitrogens with zero attached hydrogens (tertiary/aromatic N) is 1. The fourth-order valence-corrected chi connectivity index (χ4v) is 3.64. The van der Waals surface area contributed by atoms with E-state index in [9.17, 15) is 15.3 Å². The highest BCUT2D eigenvalue weighted by molar-refractivity contribution is 5.78. The van der Waals surface area contributed by atoms with Crippen LogP contribution >= 0.6 is 0 Å². The first kappa shape index (κ1) is 21.1. The van der Waals surface area contributed by atoms with E-state index in [-0.39, 0.29) is 17.2 Å². The summed E-state index contributed by atoms with van der Waals surface area (Å²) in [4.78, 5) is 1.96. The lowest BCUT2D eigenvalue weighted by molar-refractivity contribution is 0.452. The maximum Gasteiger partial charge on any atom is 0.131 e. The molecule has 0 radical (unpaired) electrons. The van der Waals surface area contributed by atoms with Crippen molar-refractivity contribution < 1.29 is 20.1 Å². The highest BCUT2D eigenvalue weighted by Gasteiger charge is 2.15. The van der Waals surface area contributed by atoms with E-state index >= 15 is 0 Å². The Hall–Kier alpha value is -4.12. The first-order valence-corrected chi connectivity index (χ1v) is 10.3. The highest BCUT2D eigenvalue weighted by Crippen LogP contribution is 2.39. The Kier molecular flexibility index (Phi) is 5.65. The van der Waals surface area contributed by atoms with Gasteiger partial charge in [0.05, 0.1) is 11.4 Å². The van der Waals surface area contributed by atoms with Crippen LogP contribution in [0.4, 0.5) is 17.1 Å². The van der Waals surface area contributed by atoms with Crippen molar-refractivity contribution >= 4 is 17.1 Å². The van der Waals surface area contributed by atoms with Crippen molar-refractivity contribution in [2.24, 2.45) is 0 Å². The predicted octanol–water partition coefficient (Wildman–Crippen LogP) is 6.99. The zero-order chi connectivity index (χ0) is 22.8. The van der Waals surface area contributed by atoms with Crippen LogP contribution in [0.1, 0.15) is 16.7 Å². The smallest absolute Gasteiger partial charge is 0.131 e. The first-order valence-electron chi connectivity index (χ1n) is 10.3. The summed E-state index contributed by atoms with van der Waals surface area (Å²) in [5.41, 5.74) is 4.99. The summed E-state index contributed by atoms with van der Waals surface area (Å²) in [5.74, 6) is 1.69. The normalized spacial score (nSPS) is 10.7. The van der Waals surface area contributed by atoms with Gasteiger partial charge in [-0.1, -0.05) is 6.07 Å². The summed E-state index contributed by atoms with van der Waals surface area (Å²) in [6, 6.07) is 23.4. The van der Waals surface area contributed by atoms with Crippen molar-refractivity contribution in [1.29, 1.82) is 0 Å². The third kappa shape index (κ3) is 4.62. The van der Waals surface area contributed by atoms with E-state index in [4.69, 9.17) is 4.74 Å². The van der Waals surface area contributed by atoms with Crippen molar-refractivity contribution in [3.05, 3.63) is 95.6 Å². The number of anilines is 3. The van der Waals surface area contributed by atoms with Crippen LogP contribution in [0.15, 0.2) is 78.9 Å². The molecule has 0 aliphatic heterocycles. The van der Waals surface area contributed by atoms with Crippen molar-refractivity contribution in [3.8, 4) is 28.7 Å². The molecule has 0 amide bonds. The van der Waals surface area contributed by atoms with Crippen LogP contribution in [0.2, 0.25) is 0 Å². The number of phenolic OH excluding ortho intramolecular Hbond substituents is 3. The number of phenols is 3. The molecule has 0 saturated heterocycles. The molecule has 5 heteroatoms. The lowest BCUT2D eigenvalue weighted by atomic mass is 10.1. The number of aromatic hydroxyl groups is 3. The van der Waals surface area contributed by atoms with Gasteiger partial charge in [0.1, 0.15) is 28.7 Å². The van der Waals surface area contributed by atoms with Gasteiger partial charge in [-0.05, 0) is 92.1 Å². The zero-order valence-electron chi connectivity index (χ0n) is 18.2. The Labute approximate surface area is 187 Å². The average Bonchev–Trinajstić information content (AvgIpc) is 2.71. The Morgan fingerprint density at radius 2 is 1.09 bits per heavy atom. The fraction of sp³-hybridized carbons (Fsp3) is 0.111. The van der Waals surface area contributed by atoms with E-state index in [1.54, 1.807) is 42.5 Å². The summed E-state index contributed by atoms with van der Waals surface area (Å²) in [6.45, 7) is 5.67. The third-order valence-electron chi connectivity index (χ3n) is 5.12. The first-order chi connectivity index (χ1) is 15.3. The second-order valence-corrected chi connectivity index (χ2v) is 7.93. The topological polar surface area (TPSA) is 73.2 Å². The van der Waals surface area contributed by atoms with E-state index in [2.05, 4.69) is 0 Å². The average molecular weight is 428 g/mol. The Morgan fingerprint density at radius 1 is 0.562 bits per heavy atom. The van der Waals surface area contributed by atoms with Gasteiger partial charge in [-0.3, -0.25) is 0 Å². The molecule has 0 unspecified atom stereocenters. The molecule has 0 aliphatic carbocycles. The molecule has 0 saturated carbocycles. The monoisotopic (exact) mass is 427 g/mol. The van der Waals surface area contributed by atoms with Crippen LogP contribution in [0.3, 0.4) is 0 Å². The molecular formula is C27H25NO4. The molecule has 0 bridgehead atoms. The standard InChI is InChI=1S/C27H25NO4/c1-17-10-21(14-23(29)12-17)28(22-11-18(2)13-24(30)15-22)20-5-8-25(9-6-20)32-26-7-4-19(3)27(31)16-26/h4-16,29-31H,1-3H3. The number of benzene rings is 4. The fourth-order valence-electron chi connectivity index (χ4n) is 3.64. The molecular weight excluding hydrogens is 402 g/mol. The van der Waals surface area contributed by atoms with Gasteiger partial charge in [-0.15, -0.1) is 0 Å². The van der Waals surface area contributed by atoms with Crippen LogP contribution in [-0.2, 0) is 0 Å². The van der Waals surface area contributed by atoms with Crippen LogP contribution in [0.25, 0.3) is 0 Å². The van der Waals surface area contributed by atoms with Gasteiger partial charge in [-0.25, -0.2) is 0 Å². The second kappa shape index (κ2) is 8.55. The van der Waals surface area contributed by atoms with Gasteiger partial charge >= 0.3 is 0 Å². The van der Waals surface area contributed by atoms with Crippen LogP contribution in [0.5, 0.6) is 28.7 Å². The number of hydrogen-bond acceptors (Lipinski definition) is 5. The maximum absolute atomic E-state index is 10.2. The van der Waals surface area contributed by atoms with E-state index in [1.807, 2.05) is 62.1 Å².